The van der Waals surface area contributed by atoms with E-state index in [0.29, 0.717) is 24.7 Å². The maximum atomic E-state index is 12.0. The van der Waals surface area contributed by atoms with Gasteiger partial charge in [0.1, 0.15) is 0 Å². The fourth-order valence-corrected chi connectivity index (χ4v) is 5.79. The van der Waals surface area contributed by atoms with Crippen LogP contribution in [0.15, 0.2) is 48.5 Å². The van der Waals surface area contributed by atoms with E-state index < -0.39 is 5.79 Å². The Hall–Kier alpha value is -2.17. The quantitative estimate of drug-likeness (QED) is 0.733. The number of hydrogen-bond acceptors (Lipinski definition) is 4. The van der Waals surface area contributed by atoms with E-state index in [1.54, 1.807) is 0 Å². The van der Waals surface area contributed by atoms with E-state index in [1.165, 1.54) is 23.8 Å². The van der Waals surface area contributed by atoms with Crippen LogP contribution in [0.3, 0.4) is 0 Å². The zero-order chi connectivity index (χ0) is 19.2. The molecule has 1 spiro atoms. The van der Waals surface area contributed by atoms with E-state index in [0.717, 1.165) is 32.1 Å². The second-order valence-electron chi connectivity index (χ2n) is 8.25. The van der Waals surface area contributed by atoms with Crippen molar-refractivity contribution >= 4 is 5.97 Å². The highest BCUT2D eigenvalue weighted by atomic mass is 16.7. The van der Waals surface area contributed by atoms with Gasteiger partial charge in [-0.25, -0.2) is 4.79 Å². The molecule has 2 aliphatic carbocycles. The summed E-state index contributed by atoms with van der Waals surface area (Å²) in [6.45, 7) is 1.40. The molecule has 28 heavy (non-hydrogen) atoms. The molecule has 146 valence electrons. The monoisotopic (exact) mass is 378 g/mol. The molecule has 0 bridgehead atoms. The summed E-state index contributed by atoms with van der Waals surface area (Å²) < 4.78 is 17.1. The lowest BCUT2D eigenvalue weighted by atomic mass is 9.53. The van der Waals surface area contributed by atoms with Crippen molar-refractivity contribution in [1.29, 1.82) is 0 Å². The lowest BCUT2D eigenvalue weighted by molar-refractivity contribution is -0.197. The predicted octanol–water partition coefficient (Wildman–Crippen LogP) is 4.25. The minimum atomic E-state index is -0.396. The van der Waals surface area contributed by atoms with Crippen molar-refractivity contribution in [1.82, 2.24) is 0 Å². The highest BCUT2D eigenvalue weighted by Crippen LogP contribution is 2.57. The number of ether oxygens (including phenoxy) is 3. The number of esters is 1. The van der Waals surface area contributed by atoms with E-state index in [1.807, 2.05) is 12.1 Å². The Labute approximate surface area is 165 Å². The van der Waals surface area contributed by atoms with Gasteiger partial charge in [0, 0.05) is 18.3 Å². The first-order valence-corrected chi connectivity index (χ1v) is 10.2. The van der Waals surface area contributed by atoms with Gasteiger partial charge in [0.25, 0.3) is 0 Å². The van der Waals surface area contributed by atoms with Crippen molar-refractivity contribution in [3.05, 3.63) is 70.8 Å². The van der Waals surface area contributed by atoms with Crippen LogP contribution in [0.25, 0.3) is 0 Å². The molecule has 1 aliphatic heterocycles. The van der Waals surface area contributed by atoms with Crippen LogP contribution < -0.4 is 0 Å². The highest BCUT2D eigenvalue weighted by Gasteiger charge is 2.55. The summed E-state index contributed by atoms with van der Waals surface area (Å²) in [5, 5.41) is 0. The van der Waals surface area contributed by atoms with Crippen molar-refractivity contribution in [3.63, 3.8) is 0 Å². The van der Waals surface area contributed by atoms with Crippen molar-refractivity contribution in [2.75, 3.05) is 20.3 Å². The third kappa shape index (κ3) is 2.62. The van der Waals surface area contributed by atoms with Crippen LogP contribution in [0, 0.1) is 5.92 Å². The van der Waals surface area contributed by atoms with Gasteiger partial charge < -0.3 is 14.2 Å². The fraction of sp³-hybridized carbons (Fsp3) is 0.458. The molecule has 4 heteroatoms. The second kappa shape index (κ2) is 6.71. The zero-order valence-electron chi connectivity index (χ0n) is 16.3. The van der Waals surface area contributed by atoms with Gasteiger partial charge in [0.15, 0.2) is 5.79 Å². The van der Waals surface area contributed by atoms with Gasteiger partial charge >= 0.3 is 5.97 Å². The van der Waals surface area contributed by atoms with Crippen LogP contribution in [0.4, 0.5) is 0 Å². The first-order chi connectivity index (χ1) is 13.7. The van der Waals surface area contributed by atoms with Crippen molar-refractivity contribution in [2.24, 2.45) is 5.92 Å². The first kappa shape index (κ1) is 17.9. The van der Waals surface area contributed by atoms with Gasteiger partial charge in [-0.1, -0.05) is 36.4 Å². The molecule has 1 saturated carbocycles. The molecule has 1 heterocycles. The van der Waals surface area contributed by atoms with Gasteiger partial charge in [-0.2, -0.15) is 0 Å². The molecule has 1 unspecified atom stereocenters. The van der Waals surface area contributed by atoms with E-state index in [9.17, 15) is 4.79 Å². The maximum absolute atomic E-state index is 12.0. The third-order valence-corrected chi connectivity index (χ3v) is 7.03. The molecule has 2 fully saturated rings. The summed E-state index contributed by atoms with van der Waals surface area (Å²) in [7, 11) is 1.44. The summed E-state index contributed by atoms with van der Waals surface area (Å²) in [5.74, 6) is -0.209. The van der Waals surface area contributed by atoms with E-state index >= 15 is 0 Å². The molecule has 2 aromatic rings. The Morgan fingerprint density at radius 2 is 1.86 bits per heavy atom. The van der Waals surface area contributed by atoms with Gasteiger partial charge in [-0.15, -0.1) is 0 Å². The number of methoxy groups -OCH3 is 1. The molecular weight excluding hydrogens is 352 g/mol. The summed E-state index contributed by atoms with van der Waals surface area (Å²) >= 11 is 0. The van der Waals surface area contributed by atoms with Gasteiger partial charge in [-0.3, -0.25) is 0 Å². The summed E-state index contributed by atoms with van der Waals surface area (Å²) in [5.41, 5.74) is 4.57. The molecule has 0 aromatic heterocycles. The molecule has 3 aliphatic rings. The molecule has 5 rings (SSSR count). The third-order valence-electron chi connectivity index (χ3n) is 7.03. The largest absolute Gasteiger partial charge is 0.465 e. The Bertz CT molecular complexity index is 885. The molecular formula is C24H26O4. The van der Waals surface area contributed by atoms with Crippen LogP contribution in [0.5, 0.6) is 0 Å². The summed E-state index contributed by atoms with van der Waals surface area (Å²) in [6, 6.07) is 17.0. The van der Waals surface area contributed by atoms with Crippen molar-refractivity contribution < 1.29 is 19.0 Å². The van der Waals surface area contributed by atoms with Crippen LogP contribution >= 0.6 is 0 Å². The highest BCUT2D eigenvalue weighted by molar-refractivity contribution is 5.89. The lowest BCUT2D eigenvalue weighted by Crippen LogP contribution is -2.51. The van der Waals surface area contributed by atoms with Gasteiger partial charge in [-0.05, 0) is 54.0 Å². The van der Waals surface area contributed by atoms with E-state index in [2.05, 4.69) is 36.4 Å². The molecule has 0 amide bonds. The number of hydrogen-bond donors (Lipinski definition) is 0. The second-order valence-corrected chi connectivity index (χ2v) is 8.25. The van der Waals surface area contributed by atoms with Gasteiger partial charge in [0.05, 0.1) is 25.9 Å². The smallest absolute Gasteiger partial charge is 0.337 e. The molecule has 0 N–H and O–H groups in total. The summed E-state index contributed by atoms with van der Waals surface area (Å²) in [6.07, 6.45) is 4.86. The van der Waals surface area contributed by atoms with Crippen LogP contribution in [0.1, 0.15) is 52.7 Å². The standard InChI is InChI=1S/C24H26O4/c1-26-22(25)18-8-10-21-17(15-18)7-9-20-16-23(27-13-14-28-23)11-12-24(20,21)19-5-3-2-4-6-19/h2-6,8,10,15,20H,7,9,11-14,16H2,1H3/t20-,24?/m0/s1. The van der Waals surface area contributed by atoms with Crippen LogP contribution in [-0.4, -0.2) is 32.1 Å². The number of carbonyl (C=O) groups excluding carboxylic acids is 1. The number of carbonyl (C=O) groups is 1. The van der Waals surface area contributed by atoms with Crippen LogP contribution in [-0.2, 0) is 26.0 Å². The predicted molar refractivity (Wildman–Crippen MR) is 105 cm³/mol. The average molecular weight is 378 g/mol. The maximum Gasteiger partial charge on any atom is 0.337 e. The lowest BCUT2D eigenvalue weighted by Gasteiger charge is -2.53. The fourth-order valence-electron chi connectivity index (χ4n) is 5.79. The average Bonchev–Trinajstić information content (AvgIpc) is 3.21. The number of aryl methyl sites for hydroxylation is 1. The SMILES string of the molecule is COC(=O)c1ccc2c(c1)CC[C@H]1CC3(CCC21c1ccccc1)OCCO3. The first-order valence-electron chi connectivity index (χ1n) is 10.2. The van der Waals surface area contributed by atoms with Crippen LogP contribution in [0.2, 0.25) is 0 Å². The molecule has 2 atom stereocenters. The molecule has 0 radical (unpaired) electrons. The number of benzene rings is 2. The van der Waals surface area contributed by atoms with Crippen molar-refractivity contribution in [2.45, 2.75) is 43.3 Å². The Morgan fingerprint density at radius 3 is 2.61 bits per heavy atom. The van der Waals surface area contributed by atoms with E-state index in [-0.39, 0.29) is 11.4 Å². The zero-order valence-corrected chi connectivity index (χ0v) is 16.3. The number of rotatable bonds is 2. The Balaban J connectivity index is 1.63. The van der Waals surface area contributed by atoms with Crippen molar-refractivity contribution in [3.8, 4) is 0 Å². The van der Waals surface area contributed by atoms with E-state index in [4.69, 9.17) is 14.2 Å². The minimum Gasteiger partial charge on any atom is -0.465 e. The molecule has 1 saturated heterocycles. The molecule has 2 aromatic carbocycles. The number of fused-ring (bicyclic) bond motifs is 3. The Kier molecular flexibility index (Phi) is 4.29. The van der Waals surface area contributed by atoms with Gasteiger partial charge in [0.2, 0.25) is 0 Å². The normalized spacial score (nSPS) is 27.8. The topological polar surface area (TPSA) is 44.8 Å². The Morgan fingerprint density at radius 1 is 1.07 bits per heavy atom. The summed E-state index contributed by atoms with van der Waals surface area (Å²) in [4.78, 5) is 12.0. The minimum absolute atomic E-state index is 0.0515. The molecule has 4 nitrogen and oxygen atoms in total.